The smallest absolute Gasteiger partial charge is 0.260 e. The van der Waals surface area contributed by atoms with Gasteiger partial charge in [-0.2, -0.15) is 5.10 Å². The first-order valence-electron chi connectivity index (χ1n) is 10.5. The van der Waals surface area contributed by atoms with Gasteiger partial charge in [-0.25, -0.2) is 4.68 Å². The summed E-state index contributed by atoms with van der Waals surface area (Å²) in [6, 6.07) is 18.2. The maximum absolute atomic E-state index is 12.8. The number of hydrogen-bond acceptors (Lipinski definition) is 5. The van der Waals surface area contributed by atoms with Crippen molar-refractivity contribution >= 4 is 23.5 Å². The second-order valence-electron chi connectivity index (χ2n) is 7.67. The largest absolute Gasteiger partial charge is 0.496 e. The number of thioether (sulfide) groups is 1. The summed E-state index contributed by atoms with van der Waals surface area (Å²) in [7, 11) is 1.57. The molecule has 1 amide bonds. The minimum atomic E-state index is -0.190. The van der Waals surface area contributed by atoms with Gasteiger partial charge in [0.25, 0.3) is 5.91 Å². The molecule has 162 valence electrons. The Bertz CT molecular complexity index is 1010. The molecule has 31 heavy (non-hydrogen) atoms. The Balaban J connectivity index is 1.36. The number of hydrogen-bond donors (Lipinski definition) is 1. The molecule has 6 nitrogen and oxygen atoms in total. The molecule has 2 aromatic carbocycles. The summed E-state index contributed by atoms with van der Waals surface area (Å²) >= 11 is 1.77. The lowest BCUT2D eigenvalue weighted by atomic mass is 10.0. The standard InChI is InChI=1S/C24H28N4O2S/c1-30-22-6-4-3-5-21(22)24(29)26-23-11-14-25-28(23)19-12-15-27(16-13-19)17-18-7-9-20(31-2)10-8-18/h3-11,14,19H,12-13,15-17H2,1-2H3,(H,26,29). The zero-order valence-electron chi connectivity index (χ0n) is 18.0. The van der Waals surface area contributed by atoms with Crippen LogP contribution in [0.1, 0.15) is 34.8 Å². The van der Waals surface area contributed by atoms with E-state index >= 15 is 0 Å². The molecule has 7 heteroatoms. The number of methoxy groups -OCH3 is 1. The average Bonchev–Trinajstić information content (AvgIpc) is 3.28. The number of carbonyl (C=O) groups excluding carboxylic acids is 1. The first kappa shape index (κ1) is 21.5. The first-order valence-corrected chi connectivity index (χ1v) is 11.7. The Labute approximate surface area is 187 Å². The Morgan fingerprint density at radius 1 is 1.13 bits per heavy atom. The van der Waals surface area contributed by atoms with Crippen molar-refractivity contribution in [2.45, 2.75) is 30.3 Å². The Morgan fingerprint density at radius 2 is 1.87 bits per heavy atom. The van der Waals surface area contributed by atoms with Gasteiger partial charge >= 0.3 is 0 Å². The van der Waals surface area contributed by atoms with Crippen molar-refractivity contribution in [1.82, 2.24) is 14.7 Å². The van der Waals surface area contributed by atoms with Crippen molar-refractivity contribution in [3.63, 3.8) is 0 Å². The van der Waals surface area contributed by atoms with Gasteiger partial charge in [0.1, 0.15) is 11.6 Å². The zero-order valence-corrected chi connectivity index (χ0v) is 18.8. The highest BCUT2D eigenvalue weighted by Gasteiger charge is 2.24. The summed E-state index contributed by atoms with van der Waals surface area (Å²) < 4.78 is 7.27. The second kappa shape index (κ2) is 10.0. The number of amides is 1. The number of para-hydroxylation sites is 1. The molecule has 1 aliphatic heterocycles. The summed E-state index contributed by atoms with van der Waals surface area (Å²) in [5.74, 6) is 1.09. The van der Waals surface area contributed by atoms with E-state index in [2.05, 4.69) is 45.8 Å². The van der Waals surface area contributed by atoms with Crippen LogP contribution < -0.4 is 10.1 Å². The molecule has 1 saturated heterocycles. The van der Waals surface area contributed by atoms with E-state index in [1.54, 1.807) is 37.2 Å². The molecular weight excluding hydrogens is 408 g/mol. The average molecular weight is 437 g/mol. The van der Waals surface area contributed by atoms with E-state index in [0.717, 1.165) is 38.3 Å². The SMILES string of the molecule is COc1ccccc1C(=O)Nc1ccnn1C1CCN(Cc2ccc(SC)cc2)CC1. The van der Waals surface area contributed by atoms with Crippen molar-refractivity contribution in [2.24, 2.45) is 0 Å². The molecule has 0 atom stereocenters. The van der Waals surface area contributed by atoms with Crippen LogP contribution in [0.2, 0.25) is 0 Å². The summed E-state index contributed by atoms with van der Waals surface area (Å²) in [5.41, 5.74) is 1.86. The molecule has 0 spiro atoms. The first-order chi connectivity index (χ1) is 15.2. The fourth-order valence-corrected chi connectivity index (χ4v) is 4.44. The number of rotatable bonds is 7. The Hall–Kier alpha value is -2.77. The molecule has 0 saturated carbocycles. The number of piperidine rings is 1. The van der Waals surface area contributed by atoms with E-state index in [-0.39, 0.29) is 11.9 Å². The maximum atomic E-state index is 12.8. The normalized spacial score (nSPS) is 15.0. The summed E-state index contributed by atoms with van der Waals surface area (Å²) in [5, 5.41) is 7.51. The van der Waals surface area contributed by atoms with E-state index in [9.17, 15) is 4.79 Å². The van der Waals surface area contributed by atoms with Crippen LogP contribution in [0.15, 0.2) is 65.7 Å². The predicted octanol–water partition coefficient (Wildman–Crippen LogP) is 4.70. The molecule has 1 aromatic heterocycles. The molecule has 0 aliphatic carbocycles. The fraction of sp³-hybridized carbons (Fsp3) is 0.333. The van der Waals surface area contributed by atoms with Gasteiger partial charge in [-0.15, -0.1) is 11.8 Å². The van der Waals surface area contributed by atoms with Crippen molar-refractivity contribution in [3.8, 4) is 5.75 Å². The number of likely N-dealkylation sites (tertiary alicyclic amines) is 1. The number of benzene rings is 2. The number of nitrogens with one attached hydrogen (secondary N) is 1. The number of ether oxygens (including phenoxy) is 1. The van der Waals surface area contributed by atoms with Gasteiger partial charge in [0.2, 0.25) is 0 Å². The van der Waals surface area contributed by atoms with E-state index in [4.69, 9.17) is 4.74 Å². The van der Waals surface area contributed by atoms with E-state index in [1.807, 2.05) is 22.9 Å². The highest BCUT2D eigenvalue weighted by atomic mass is 32.2. The molecule has 1 fully saturated rings. The van der Waals surface area contributed by atoms with E-state index in [0.29, 0.717) is 11.3 Å². The van der Waals surface area contributed by atoms with Gasteiger partial charge in [-0.1, -0.05) is 24.3 Å². The van der Waals surface area contributed by atoms with Crippen molar-refractivity contribution in [3.05, 3.63) is 71.9 Å². The molecule has 0 bridgehead atoms. The zero-order chi connectivity index (χ0) is 21.6. The third kappa shape index (κ3) is 5.11. The van der Waals surface area contributed by atoms with Crippen LogP contribution in [0, 0.1) is 0 Å². The van der Waals surface area contributed by atoms with Crippen LogP contribution in [0.5, 0.6) is 5.75 Å². The second-order valence-corrected chi connectivity index (χ2v) is 8.55. The minimum Gasteiger partial charge on any atom is -0.496 e. The molecule has 0 radical (unpaired) electrons. The van der Waals surface area contributed by atoms with Crippen LogP contribution >= 0.6 is 11.8 Å². The van der Waals surface area contributed by atoms with E-state index < -0.39 is 0 Å². The van der Waals surface area contributed by atoms with Gasteiger partial charge in [-0.3, -0.25) is 9.69 Å². The molecule has 2 heterocycles. The van der Waals surface area contributed by atoms with Gasteiger partial charge < -0.3 is 10.1 Å². The molecule has 1 N–H and O–H groups in total. The van der Waals surface area contributed by atoms with Crippen molar-refractivity contribution < 1.29 is 9.53 Å². The summed E-state index contributed by atoms with van der Waals surface area (Å²) in [6.07, 6.45) is 5.85. The van der Waals surface area contributed by atoms with Crippen LogP contribution in [0.3, 0.4) is 0 Å². The van der Waals surface area contributed by atoms with Crippen LogP contribution in [0.4, 0.5) is 5.82 Å². The maximum Gasteiger partial charge on any atom is 0.260 e. The Morgan fingerprint density at radius 3 is 2.58 bits per heavy atom. The monoisotopic (exact) mass is 436 g/mol. The van der Waals surface area contributed by atoms with Gasteiger partial charge in [0.15, 0.2) is 0 Å². The molecule has 4 rings (SSSR count). The molecular formula is C24H28N4O2S. The third-order valence-corrected chi connectivity index (χ3v) is 6.48. The molecule has 3 aromatic rings. The minimum absolute atomic E-state index is 0.190. The lowest BCUT2D eigenvalue weighted by Crippen LogP contribution is -2.35. The molecule has 1 aliphatic rings. The summed E-state index contributed by atoms with van der Waals surface area (Å²) in [4.78, 5) is 16.6. The van der Waals surface area contributed by atoms with Crippen LogP contribution in [0.25, 0.3) is 0 Å². The third-order valence-electron chi connectivity index (χ3n) is 5.73. The highest BCUT2D eigenvalue weighted by Crippen LogP contribution is 2.27. The number of nitrogens with zero attached hydrogens (tertiary/aromatic N) is 3. The number of carbonyl (C=O) groups is 1. The van der Waals surface area contributed by atoms with Gasteiger partial charge in [0.05, 0.1) is 24.9 Å². The highest BCUT2D eigenvalue weighted by molar-refractivity contribution is 7.98. The lowest BCUT2D eigenvalue weighted by Gasteiger charge is -2.32. The predicted molar refractivity (Wildman–Crippen MR) is 125 cm³/mol. The topological polar surface area (TPSA) is 59.4 Å². The van der Waals surface area contributed by atoms with Gasteiger partial charge in [-0.05, 0) is 48.9 Å². The number of anilines is 1. The van der Waals surface area contributed by atoms with Crippen molar-refractivity contribution in [2.75, 3.05) is 31.8 Å². The number of aromatic nitrogens is 2. The van der Waals surface area contributed by atoms with Crippen LogP contribution in [-0.4, -0.2) is 47.0 Å². The lowest BCUT2D eigenvalue weighted by molar-refractivity contribution is 0.102. The fourth-order valence-electron chi connectivity index (χ4n) is 4.03. The van der Waals surface area contributed by atoms with Gasteiger partial charge in [0, 0.05) is 30.6 Å². The Kier molecular flexibility index (Phi) is 6.94. The summed E-state index contributed by atoms with van der Waals surface area (Å²) in [6.45, 7) is 2.99. The quantitative estimate of drug-likeness (QED) is 0.544. The van der Waals surface area contributed by atoms with E-state index in [1.165, 1.54) is 10.5 Å². The van der Waals surface area contributed by atoms with Crippen LogP contribution in [-0.2, 0) is 6.54 Å². The van der Waals surface area contributed by atoms with Crippen molar-refractivity contribution in [1.29, 1.82) is 0 Å². The molecule has 0 unspecified atom stereocenters.